The number of aromatic nitrogens is 7. The molecule has 1 aliphatic carbocycles. The second-order valence-corrected chi connectivity index (χ2v) is 11.4. The topological polar surface area (TPSA) is 91.3 Å². The molecule has 2 aromatic carbocycles. The summed E-state index contributed by atoms with van der Waals surface area (Å²) in [6, 6.07) is 9.44. The lowest BCUT2D eigenvalue weighted by Crippen LogP contribution is -2.46. The van der Waals surface area contributed by atoms with Crippen LogP contribution in [0.25, 0.3) is 33.7 Å². The fourth-order valence-corrected chi connectivity index (χ4v) is 6.26. The Labute approximate surface area is 226 Å². The van der Waals surface area contributed by atoms with E-state index < -0.39 is 0 Å². The van der Waals surface area contributed by atoms with Gasteiger partial charge >= 0.3 is 0 Å². The molecule has 4 heterocycles. The minimum atomic E-state index is -0.334. The third-order valence-corrected chi connectivity index (χ3v) is 8.59. The number of benzene rings is 2. The molecule has 7 rings (SSSR count). The maximum atomic E-state index is 15.5. The van der Waals surface area contributed by atoms with Gasteiger partial charge in [0.1, 0.15) is 17.5 Å². The number of halogens is 1. The molecule has 0 saturated heterocycles. The van der Waals surface area contributed by atoms with Gasteiger partial charge in [0.2, 0.25) is 0 Å². The number of likely N-dealkylation sites (N-methyl/N-ethyl adjacent to an activating group) is 1. The largest absolute Gasteiger partial charge is 0.341 e. The van der Waals surface area contributed by atoms with Crippen LogP contribution in [-0.4, -0.2) is 52.9 Å². The van der Waals surface area contributed by atoms with Crippen molar-refractivity contribution in [2.24, 2.45) is 7.05 Å². The van der Waals surface area contributed by atoms with E-state index in [0.717, 1.165) is 42.2 Å². The van der Waals surface area contributed by atoms with Crippen molar-refractivity contribution in [1.82, 2.24) is 39.8 Å². The predicted molar refractivity (Wildman–Crippen MR) is 149 cm³/mol. The molecule has 3 aromatic heterocycles. The number of aromatic amines is 2. The summed E-state index contributed by atoms with van der Waals surface area (Å²) in [7, 11) is 1.90. The molecule has 5 aromatic rings. The van der Waals surface area contributed by atoms with Crippen LogP contribution >= 0.6 is 0 Å². The van der Waals surface area contributed by atoms with E-state index in [0.29, 0.717) is 35.1 Å². The maximum absolute atomic E-state index is 15.5. The molecule has 0 radical (unpaired) electrons. The number of imidazole rings is 1. The molecule has 0 spiro atoms. The monoisotopic (exact) mass is 524 g/mol. The zero-order valence-electron chi connectivity index (χ0n) is 22.8. The molecule has 9 heteroatoms. The molecule has 2 aliphatic rings. The fourth-order valence-electron chi connectivity index (χ4n) is 6.26. The molecule has 1 aliphatic heterocycles. The second-order valence-electron chi connectivity index (χ2n) is 11.4. The Morgan fingerprint density at radius 2 is 1.97 bits per heavy atom. The lowest BCUT2D eigenvalue weighted by molar-refractivity contribution is 0.110. The minimum Gasteiger partial charge on any atom is -0.341 e. The zero-order chi connectivity index (χ0) is 26.9. The molecule has 200 valence electrons. The maximum Gasteiger partial charge on any atom is 0.181 e. The Morgan fingerprint density at radius 1 is 1.13 bits per heavy atom. The van der Waals surface area contributed by atoms with Gasteiger partial charge in [-0.25, -0.2) is 14.4 Å². The van der Waals surface area contributed by atoms with Crippen LogP contribution in [0.2, 0.25) is 0 Å². The summed E-state index contributed by atoms with van der Waals surface area (Å²) in [6.07, 6.45) is 5.89. The first kappa shape index (κ1) is 24.2. The van der Waals surface area contributed by atoms with Crippen LogP contribution in [0.15, 0.2) is 36.5 Å². The highest BCUT2D eigenvalue weighted by atomic mass is 19.1. The number of nitrogens with zero attached hydrogens (tertiary/aromatic N) is 6. The summed E-state index contributed by atoms with van der Waals surface area (Å²) in [5.74, 6) is 2.19. The van der Waals surface area contributed by atoms with Crippen molar-refractivity contribution in [3.05, 3.63) is 70.7 Å². The Kier molecular flexibility index (Phi) is 5.49. The van der Waals surface area contributed by atoms with E-state index in [-0.39, 0.29) is 11.4 Å². The van der Waals surface area contributed by atoms with Crippen LogP contribution in [-0.2, 0) is 25.4 Å². The molecule has 1 fully saturated rings. The average Bonchev–Trinajstić information content (AvgIpc) is 3.29. The highest BCUT2D eigenvalue weighted by Crippen LogP contribution is 2.45. The fraction of sp³-hybridized carbons (Fsp3) is 0.400. The first-order chi connectivity index (χ1) is 18.8. The van der Waals surface area contributed by atoms with Crippen molar-refractivity contribution in [2.45, 2.75) is 57.9 Å². The van der Waals surface area contributed by atoms with Crippen molar-refractivity contribution in [3.8, 4) is 22.8 Å². The standard InChI is InChI=1S/C30H33FN8/c1-5-39-13-12-24-27(30(39,2)3)35-29(33-24)20-10-8-19(14-22(20)31)28-34-25(38(4)37-28)15-18-9-11-23-21(16-32-36-23)26(18)17-6-7-17/h8-11,14,16-17H,5-7,12-13,15H2,1-4H3,(H,32,36)(H,33,35). The van der Waals surface area contributed by atoms with Gasteiger partial charge in [0.15, 0.2) is 5.82 Å². The molecule has 0 atom stereocenters. The Balaban J connectivity index is 1.18. The van der Waals surface area contributed by atoms with E-state index in [1.165, 1.54) is 35.4 Å². The minimum absolute atomic E-state index is 0.191. The predicted octanol–water partition coefficient (Wildman–Crippen LogP) is 5.47. The second kappa shape index (κ2) is 8.84. The summed E-state index contributed by atoms with van der Waals surface area (Å²) < 4.78 is 17.3. The molecular weight excluding hydrogens is 491 g/mol. The van der Waals surface area contributed by atoms with Crippen LogP contribution in [0.4, 0.5) is 4.39 Å². The number of aryl methyl sites for hydroxylation is 1. The number of fused-ring (bicyclic) bond motifs is 2. The summed E-state index contributed by atoms with van der Waals surface area (Å²) in [5.41, 5.74) is 6.71. The SMILES string of the molecule is CCN1CCc2[nH]c(-c3ccc(-c4nc(Cc5ccc6[nH]ncc6c5C5CC5)n(C)n4)cc3F)nc2C1(C)C. The summed E-state index contributed by atoms with van der Waals surface area (Å²) in [6.45, 7) is 8.45. The molecule has 2 N–H and O–H groups in total. The summed E-state index contributed by atoms with van der Waals surface area (Å²) >= 11 is 0. The Morgan fingerprint density at radius 3 is 2.74 bits per heavy atom. The van der Waals surface area contributed by atoms with E-state index in [4.69, 9.17) is 9.97 Å². The van der Waals surface area contributed by atoms with Gasteiger partial charge in [-0.1, -0.05) is 19.1 Å². The van der Waals surface area contributed by atoms with Crippen molar-refractivity contribution in [2.75, 3.05) is 13.1 Å². The molecule has 8 nitrogen and oxygen atoms in total. The van der Waals surface area contributed by atoms with Crippen molar-refractivity contribution < 1.29 is 4.39 Å². The number of hydrogen-bond acceptors (Lipinski definition) is 5. The Hall–Kier alpha value is -3.85. The van der Waals surface area contributed by atoms with Crippen molar-refractivity contribution in [3.63, 3.8) is 0 Å². The normalized spacial score (nSPS) is 17.2. The molecular formula is C30H33FN8. The first-order valence-corrected chi connectivity index (χ1v) is 13.8. The lowest BCUT2D eigenvalue weighted by atomic mass is 9.91. The van der Waals surface area contributed by atoms with Gasteiger partial charge in [-0.05, 0) is 68.5 Å². The van der Waals surface area contributed by atoms with Gasteiger partial charge < -0.3 is 4.98 Å². The van der Waals surface area contributed by atoms with Gasteiger partial charge in [-0.15, -0.1) is 0 Å². The van der Waals surface area contributed by atoms with Crippen LogP contribution in [0, 0.1) is 5.82 Å². The molecule has 0 unspecified atom stereocenters. The van der Waals surface area contributed by atoms with Gasteiger partial charge in [0.25, 0.3) is 0 Å². The molecule has 0 amide bonds. The van der Waals surface area contributed by atoms with Gasteiger partial charge in [-0.2, -0.15) is 10.2 Å². The van der Waals surface area contributed by atoms with E-state index in [1.807, 2.05) is 19.3 Å². The third kappa shape index (κ3) is 3.98. The highest BCUT2D eigenvalue weighted by Gasteiger charge is 2.37. The van der Waals surface area contributed by atoms with E-state index >= 15 is 4.39 Å². The molecule has 0 bridgehead atoms. The highest BCUT2D eigenvalue weighted by molar-refractivity contribution is 5.84. The number of rotatable bonds is 6. The average molecular weight is 525 g/mol. The van der Waals surface area contributed by atoms with Crippen LogP contribution < -0.4 is 0 Å². The van der Waals surface area contributed by atoms with Crippen LogP contribution in [0.5, 0.6) is 0 Å². The first-order valence-electron chi connectivity index (χ1n) is 13.8. The summed E-state index contributed by atoms with van der Waals surface area (Å²) in [4.78, 5) is 15.5. The van der Waals surface area contributed by atoms with E-state index in [2.05, 4.69) is 58.1 Å². The number of H-pyrrole nitrogens is 2. The smallest absolute Gasteiger partial charge is 0.181 e. The third-order valence-electron chi connectivity index (χ3n) is 8.59. The zero-order valence-corrected chi connectivity index (χ0v) is 22.8. The van der Waals surface area contributed by atoms with E-state index in [1.54, 1.807) is 10.7 Å². The van der Waals surface area contributed by atoms with Gasteiger partial charge in [0, 0.05) is 43.1 Å². The van der Waals surface area contributed by atoms with E-state index in [9.17, 15) is 0 Å². The van der Waals surface area contributed by atoms with Crippen molar-refractivity contribution >= 4 is 10.9 Å². The molecule has 1 saturated carbocycles. The molecule has 39 heavy (non-hydrogen) atoms. The lowest BCUT2D eigenvalue weighted by Gasteiger charge is -2.40. The van der Waals surface area contributed by atoms with Crippen LogP contribution in [0.1, 0.15) is 67.9 Å². The van der Waals surface area contributed by atoms with Gasteiger partial charge in [0.05, 0.1) is 28.5 Å². The van der Waals surface area contributed by atoms with Crippen LogP contribution in [0.3, 0.4) is 0 Å². The van der Waals surface area contributed by atoms with Crippen molar-refractivity contribution in [1.29, 1.82) is 0 Å². The quantitative estimate of drug-likeness (QED) is 0.307. The van der Waals surface area contributed by atoms with Gasteiger partial charge in [-0.3, -0.25) is 14.7 Å². The number of nitrogens with one attached hydrogen (secondary N) is 2. The Bertz CT molecular complexity index is 1700. The summed E-state index contributed by atoms with van der Waals surface area (Å²) in [5, 5.41) is 13.2. The number of hydrogen-bond donors (Lipinski definition) is 2.